The molecular formula is C14H22N4O13P2. The van der Waals surface area contributed by atoms with Gasteiger partial charge >= 0.3 is 15.6 Å². The van der Waals surface area contributed by atoms with Crippen LogP contribution in [0.15, 0.2) is 17.4 Å². The molecule has 0 unspecified atom stereocenters. The molecule has 6 N–H and O–H groups in total. The first kappa shape index (κ1) is 26.0. The van der Waals surface area contributed by atoms with Gasteiger partial charge in [-0.15, -0.1) is 0 Å². The fourth-order valence-electron chi connectivity index (χ4n) is 3.04. The van der Waals surface area contributed by atoms with Crippen LogP contribution in [0.25, 0.3) is 11.2 Å². The first-order chi connectivity index (χ1) is 15.4. The quantitative estimate of drug-likeness (QED) is 0.133. The molecule has 186 valence electrons. The first-order valence-electron chi connectivity index (χ1n) is 9.29. The summed E-state index contributed by atoms with van der Waals surface area (Å²) in [7, 11) is -9.40. The summed E-state index contributed by atoms with van der Waals surface area (Å²) in [5.74, 6) is 0. The van der Waals surface area contributed by atoms with Gasteiger partial charge in [0.25, 0.3) is 5.56 Å². The molecule has 0 spiro atoms. The Bertz CT molecular complexity index is 1110. The molecular weight excluding hydrogens is 494 g/mol. The van der Waals surface area contributed by atoms with E-state index in [1.807, 2.05) is 0 Å². The van der Waals surface area contributed by atoms with E-state index in [0.717, 1.165) is 6.33 Å². The van der Waals surface area contributed by atoms with E-state index in [9.17, 15) is 24.1 Å². The van der Waals surface area contributed by atoms with Crippen molar-refractivity contribution >= 4 is 26.8 Å². The molecule has 1 aliphatic rings. The van der Waals surface area contributed by atoms with E-state index >= 15 is 0 Å². The molecule has 3 rings (SSSR count). The van der Waals surface area contributed by atoms with Gasteiger partial charge in [0.15, 0.2) is 17.4 Å². The second-order valence-electron chi connectivity index (χ2n) is 6.84. The Morgan fingerprint density at radius 3 is 2.33 bits per heavy atom. The van der Waals surface area contributed by atoms with Gasteiger partial charge in [-0.25, -0.2) is 19.1 Å². The third-order valence-corrected chi connectivity index (χ3v) is 5.54. The predicted molar refractivity (Wildman–Crippen MR) is 105 cm³/mol. The van der Waals surface area contributed by atoms with Crippen LogP contribution in [-0.4, -0.2) is 93.6 Å². The summed E-state index contributed by atoms with van der Waals surface area (Å²) in [5.41, 5.74) is -0.606. The van der Waals surface area contributed by atoms with Crippen LogP contribution in [0, 0.1) is 0 Å². The number of nitrogens with zero attached hydrogens (tertiary/aromatic N) is 4. The summed E-state index contributed by atoms with van der Waals surface area (Å²) < 4.78 is 42.9. The van der Waals surface area contributed by atoms with Gasteiger partial charge in [0.05, 0.1) is 39.3 Å². The van der Waals surface area contributed by atoms with E-state index in [0.29, 0.717) is 0 Å². The second kappa shape index (κ2) is 10.4. The van der Waals surface area contributed by atoms with Crippen molar-refractivity contribution < 1.29 is 57.4 Å². The molecule has 1 aliphatic heterocycles. The number of rotatable bonds is 11. The zero-order chi connectivity index (χ0) is 24.4. The average Bonchev–Trinajstić information content (AvgIpc) is 3.25. The summed E-state index contributed by atoms with van der Waals surface area (Å²) in [6.45, 7) is -1.08. The molecule has 0 bridgehead atoms. The van der Waals surface area contributed by atoms with E-state index in [1.165, 1.54) is 15.5 Å². The van der Waals surface area contributed by atoms with Crippen LogP contribution in [0.5, 0.6) is 0 Å². The van der Waals surface area contributed by atoms with Crippen LogP contribution in [0.2, 0.25) is 0 Å². The Kier molecular flexibility index (Phi) is 8.16. The maximum atomic E-state index is 12.6. The van der Waals surface area contributed by atoms with Crippen molar-refractivity contribution in [2.24, 2.45) is 0 Å². The van der Waals surface area contributed by atoms with Crippen LogP contribution in [0.4, 0.5) is 0 Å². The summed E-state index contributed by atoms with van der Waals surface area (Å²) in [6, 6.07) is 0. The normalized spacial score (nSPS) is 24.1. The molecule has 0 radical (unpaired) electrons. The third kappa shape index (κ3) is 6.73. The van der Waals surface area contributed by atoms with Crippen molar-refractivity contribution in [3.63, 3.8) is 0 Å². The Hall–Kier alpha value is -1.59. The molecule has 0 saturated carbocycles. The highest BCUT2D eigenvalue weighted by atomic mass is 31.2. The van der Waals surface area contributed by atoms with Crippen LogP contribution in [0.1, 0.15) is 6.23 Å². The smallest absolute Gasteiger partial charge is 0.387 e. The number of aromatic nitrogens is 4. The van der Waals surface area contributed by atoms with Gasteiger partial charge < -0.3 is 39.3 Å². The van der Waals surface area contributed by atoms with E-state index in [-0.39, 0.29) is 37.5 Å². The number of fused-ring (bicyclic) bond motifs is 1. The number of imidazole rings is 1. The fraction of sp³-hybridized carbons (Fsp3) is 0.643. The highest BCUT2D eigenvalue weighted by Crippen LogP contribution is 2.38. The van der Waals surface area contributed by atoms with E-state index in [4.69, 9.17) is 29.0 Å². The molecule has 17 nitrogen and oxygen atoms in total. The average molecular weight is 516 g/mol. The molecule has 0 aliphatic carbocycles. The zero-order valence-corrected chi connectivity index (χ0v) is 18.5. The molecule has 19 heteroatoms. The monoisotopic (exact) mass is 516 g/mol. The molecule has 1 saturated heterocycles. The lowest BCUT2D eigenvalue weighted by Gasteiger charge is -2.16. The number of hydrogen-bond donors (Lipinski definition) is 6. The third-order valence-electron chi connectivity index (χ3n) is 4.53. The molecule has 0 aromatic carbocycles. The largest absolute Gasteiger partial charge is 0.469 e. The standard InChI is InChI=1S/C14H22N4O13P2/c19-10-8(5-30-33(25,26)27)31-14(11(10)20)18-7-15-9-12(18)16-6-17(13(9)21)1-2-28-3-4-29-32(22,23)24/h6-8,10-11,14,19-20H,1-5H2,(H2,22,23,24)(H2,25,26,27)/t8-,10-,11-,14-/m1/s1. The number of ether oxygens (including phenoxy) is 2. The topological polar surface area (TPSA) is 245 Å². The number of hydrogen-bond acceptors (Lipinski definition) is 11. The Morgan fingerprint density at radius 1 is 0.970 bits per heavy atom. The molecule has 2 aromatic heterocycles. The van der Waals surface area contributed by atoms with Gasteiger partial charge in [-0.1, -0.05) is 0 Å². The number of phosphoric acid groups is 2. The van der Waals surface area contributed by atoms with Crippen molar-refractivity contribution in [3.05, 3.63) is 23.0 Å². The maximum absolute atomic E-state index is 12.6. The molecule has 3 heterocycles. The van der Waals surface area contributed by atoms with Crippen LogP contribution in [0.3, 0.4) is 0 Å². The summed E-state index contributed by atoms with van der Waals surface area (Å²) in [6.07, 6.45) is -3.24. The van der Waals surface area contributed by atoms with Crippen molar-refractivity contribution in [2.75, 3.05) is 26.4 Å². The van der Waals surface area contributed by atoms with Crippen molar-refractivity contribution in [2.45, 2.75) is 31.1 Å². The highest BCUT2D eigenvalue weighted by molar-refractivity contribution is 7.46. The lowest BCUT2D eigenvalue weighted by molar-refractivity contribution is -0.0504. The highest BCUT2D eigenvalue weighted by Gasteiger charge is 2.45. The molecule has 33 heavy (non-hydrogen) atoms. The van der Waals surface area contributed by atoms with Crippen LogP contribution >= 0.6 is 15.6 Å². The molecule has 0 amide bonds. The molecule has 4 atom stereocenters. The SMILES string of the molecule is O=c1c2ncn([C@@H]3O[C@H](COP(=O)(O)O)[C@@H](O)[C@H]3O)c2ncn1CCOCCOP(=O)(O)O. The maximum Gasteiger partial charge on any atom is 0.469 e. The van der Waals surface area contributed by atoms with Gasteiger partial charge in [0, 0.05) is 0 Å². The Morgan fingerprint density at radius 2 is 1.67 bits per heavy atom. The van der Waals surface area contributed by atoms with Crippen molar-refractivity contribution in [1.29, 1.82) is 0 Å². The Balaban J connectivity index is 1.65. The van der Waals surface area contributed by atoms with Gasteiger partial charge in [-0.2, -0.15) is 0 Å². The minimum Gasteiger partial charge on any atom is -0.387 e. The zero-order valence-electron chi connectivity index (χ0n) is 16.7. The van der Waals surface area contributed by atoms with E-state index in [2.05, 4.69) is 19.0 Å². The van der Waals surface area contributed by atoms with Gasteiger partial charge in [0.1, 0.15) is 24.6 Å². The van der Waals surface area contributed by atoms with Crippen LogP contribution in [-0.2, 0) is 34.2 Å². The first-order valence-corrected chi connectivity index (χ1v) is 12.3. The predicted octanol–water partition coefficient (Wildman–Crippen LogP) is -2.55. The van der Waals surface area contributed by atoms with E-state index < -0.39 is 52.4 Å². The Labute approximate surface area is 184 Å². The molecule has 1 fully saturated rings. The number of phosphoric ester groups is 2. The van der Waals surface area contributed by atoms with Crippen LogP contribution < -0.4 is 5.56 Å². The van der Waals surface area contributed by atoms with E-state index in [1.54, 1.807) is 0 Å². The fourth-order valence-corrected chi connectivity index (χ4v) is 3.69. The minimum absolute atomic E-state index is 0.0101. The van der Waals surface area contributed by atoms with Gasteiger partial charge in [0.2, 0.25) is 0 Å². The lowest BCUT2D eigenvalue weighted by Crippen LogP contribution is -2.33. The van der Waals surface area contributed by atoms with Crippen molar-refractivity contribution in [1.82, 2.24) is 19.1 Å². The lowest BCUT2D eigenvalue weighted by atomic mass is 10.1. The number of aliphatic hydroxyl groups is 2. The van der Waals surface area contributed by atoms with Gasteiger partial charge in [-0.05, 0) is 0 Å². The number of aliphatic hydroxyl groups excluding tert-OH is 2. The second-order valence-corrected chi connectivity index (χ2v) is 9.31. The summed E-state index contributed by atoms with van der Waals surface area (Å²) >= 11 is 0. The van der Waals surface area contributed by atoms with Gasteiger partial charge in [-0.3, -0.25) is 23.0 Å². The summed E-state index contributed by atoms with van der Waals surface area (Å²) in [5, 5.41) is 20.4. The van der Waals surface area contributed by atoms with Crippen molar-refractivity contribution in [3.8, 4) is 0 Å². The molecule has 2 aromatic rings. The minimum atomic E-state index is -4.82. The summed E-state index contributed by atoms with van der Waals surface area (Å²) in [4.78, 5) is 55.4.